The Morgan fingerprint density at radius 2 is 2.13 bits per heavy atom. The third-order valence-corrected chi connectivity index (χ3v) is 3.87. The number of aromatic nitrogens is 2. The van der Waals surface area contributed by atoms with E-state index in [0.717, 1.165) is 17.8 Å². The zero-order chi connectivity index (χ0) is 11.3. The summed E-state index contributed by atoms with van der Waals surface area (Å²) in [4.78, 5) is 8.46. The third kappa shape index (κ3) is 3.10. The van der Waals surface area contributed by atoms with Crippen LogP contribution in [0.15, 0.2) is 16.8 Å². The van der Waals surface area contributed by atoms with Crippen LogP contribution in [0.1, 0.15) is 30.5 Å². The molecule has 0 radical (unpaired) electrons. The topological polar surface area (TPSA) is 61.9 Å². The van der Waals surface area contributed by atoms with Crippen molar-refractivity contribution in [1.29, 1.82) is 5.26 Å². The van der Waals surface area contributed by atoms with Gasteiger partial charge in [-0.15, -0.1) is 0 Å². The van der Waals surface area contributed by atoms with Gasteiger partial charge in [-0.25, -0.2) is 9.97 Å². The quantitative estimate of drug-likeness (QED) is 0.735. The Kier molecular flexibility index (Phi) is 4.37. The van der Waals surface area contributed by atoms with E-state index in [4.69, 9.17) is 5.26 Å². The molecular formula is C10H14N4S. The Morgan fingerprint density at radius 1 is 1.53 bits per heavy atom. The van der Waals surface area contributed by atoms with Gasteiger partial charge in [-0.1, -0.05) is 17.6 Å². The average Bonchev–Trinajstić information content (AvgIpc) is 2.28. The fourth-order valence-electron chi connectivity index (χ4n) is 1.10. The Labute approximate surface area is 92.5 Å². The second-order valence-corrected chi connectivity index (χ2v) is 5.08. The van der Waals surface area contributed by atoms with E-state index in [1.54, 1.807) is 0 Å². The van der Waals surface area contributed by atoms with E-state index in [1.807, 2.05) is 38.7 Å². The number of nitrogens with zero attached hydrogens (tertiary/aromatic N) is 4. The van der Waals surface area contributed by atoms with Crippen molar-refractivity contribution in [2.24, 2.45) is 4.36 Å². The Morgan fingerprint density at radius 3 is 2.60 bits per heavy atom. The van der Waals surface area contributed by atoms with Crippen LogP contribution >= 0.6 is 0 Å². The van der Waals surface area contributed by atoms with Crippen LogP contribution in [-0.2, 0) is 17.1 Å². The van der Waals surface area contributed by atoms with E-state index >= 15 is 0 Å². The van der Waals surface area contributed by atoms with Gasteiger partial charge in [0.2, 0.25) is 6.19 Å². The first kappa shape index (κ1) is 11.8. The van der Waals surface area contributed by atoms with Crippen LogP contribution < -0.4 is 0 Å². The molecule has 0 aliphatic carbocycles. The maximum atomic E-state index is 8.47. The molecule has 5 heteroatoms. The monoisotopic (exact) mass is 222 g/mol. The second-order valence-electron chi connectivity index (χ2n) is 3.14. The van der Waals surface area contributed by atoms with Gasteiger partial charge < -0.3 is 0 Å². The first-order valence-corrected chi connectivity index (χ1v) is 6.39. The highest BCUT2D eigenvalue weighted by molar-refractivity contribution is 7.86. The minimum absolute atomic E-state index is 0.204. The lowest BCUT2D eigenvalue weighted by atomic mass is 10.2. The SMILES string of the molecule is CCc1ncc(C(C)S(C)=NC#N)cn1. The molecule has 2 atom stereocenters. The van der Waals surface area contributed by atoms with E-state index in [1.165, 1.54) is 0 Å². The molecule has 0 saturated heterocycles. The third-order valence-electron chi connectivity index (χ3n) is 2.21. The summed E-state index contributed by atoms with van der Waals surface area (Å²) in [5.74, 6) is 0.846. The molecular weight excluding hydrogens is 208 g/mol. The highest BCUT2D eigenvalue weighted by Gasteiger charge is 2.08. The molecule has 0 aliphatic heterocycles. The number of aryl methyl sites for hydroxylation is 1. The summed E-state index contributed by atoms with van der Waals surface area (Å²) in [6.07, 6.45) is 8.28. The lowest BCUT2D eigenvalue weighted by molar-refractivity contribution is 0.908. The van der Waals surface area contributed by atoms with Crippen LogP contribution in [0.3, 0.4) is 0 Å². The summed E-state index contributed by atoms with van der Waals surface area (Å²) in [6, 6.07) is 0. The predicted molar refractivity (Wildman–Crippen MR) is 61.2 cm³/mol. The van der Waals surface area contributed by atoms with E-state index in [9.17, 15) is 0 Å². The molecule has 0 bridgehead atoms. The van der Waals surface area contributed by atoms with Gasteiger partial charge in [0, 0.05) is 29.6 Å². The summed E-state index contributed by atoms with van der Waals surface area (Å²) in [7, 11) is -0.290. The largest absolute Gasteiger partial charge is 0.241 e. The van der Waals surface area contributed by atoms with Crippen LogP contribution in [-0.4, -0.2) is 16.2 Å². The highest BCUT2D eigenvalue weighted by Crippen LogP contribution is 2.17. The van der Waals surface area contributed by atoms with Crippen LogP contribution in [0, 0.1) is 11.5 Å². The lowest BCUT2D eigenvalue weighted by Crippen LogP contribution is -2.03. The molecule has 80 valence electrons. The van der Waals surface area contributed by atoms with Gasteiger partial charge in [-0.05, 0) is 13.2 Å². The molecule has 1 rings (SSSR count). The van der Waals surface area contributed by atoms with Gasteiger partial charge in [0.15, 0.2) is 0 Å². The number of rotatable bonds is 3. The molecule has 0 aromatic carbocycles. The first-order chi connectivity index (χ1) is 7.19. The maximum absolute atomic E-state index is 8.47. The van der Waals surface area contributed by atoms with Crippen LogP contribution in [0.2, 0.25) is 0 Å². The predicted octanol–water partition coefficient (Wildman–Crippen LogP) is 2.01. The minimum Gasteiger partial charge on any atom is -0.241 e. The van der Waals surface area contributed by atoms with Crippen molar-refractivity contribution in [3.63, 3.8) is 0 Å². The van der Waals surface area contributed by atoms with Gasteiger partial charge in [0.05, 0.1) is 0 Å². The van der Waals surface area contributed by atoms with Gasteiger partial charge in [-0.2, -0.15) is 9.62 Å². The molecule has 0 fully saturated rings. The Hall–Kier alpha value is -1.28. The molecule has 0 amide bonds. The molecule has 1 aromatic heterocycles. The molecule has 15 heavy (non-hydrogen) atoms. The fraction of sp³-hybridized carbons (Fsp3) is 0.500. The van der Waals surface area contributed by atoms with E-state index in [2.05, 4.69) is 14.3 Å². The van der Waals surface area contributed by atoms with Crippen LogP contribution in [0.5, 0.6) is 0 Å². The fourth-order valence-corrected chi connectivity index (χ4v) is 1.90. The van der Waals surface area contributed by atoms with Crippen molar-refractivity contribution in [3.8, 4) is 6.19 Å². The van der Waals surface area contributed by atoms with E-state index in [-0.39, 0.29) is 15.9 Å². The highest BCUT2D eigenvalue weighted by atomic mass is 32.2. The first-order valence-electron chi connectivity index (χ1n) is 4.74. The summed E-state index contributed by atoms with van der Waals surface area (Å²) in [6.45, 7) is 4.06. The molecule has 0 aliphatic rings. The van der Waals surface area contributed by atoms with Crippen molar-refractivity contribution in [2.75, 3.05) is 6.26 Å². The van der Waals surface area contributed by atoms with Crippen molar-refractivity contribution < 1.29 is 0 Å². The molecule has 4 nitrogen and oxygen atoms in total. The van der Waals surface area contributed by atoms with Crippen LogP contribution in [0.4, 0.5) is 0 Å². The summed E-state index contributed by atoms with van der Waals surface area (Å²) in [5, 5.41) is 8.68. The molecule has 0 spiro atoms. The molecule has 1 heterocycles. The Bertz CT molecular complexity index is 391. The molecule has 2 unspecified atom stereocenters. The van der Waals surface area contributed by atoms with Crippen molar-refractivity contribution in [3.05, 3.63) is 23.8 Å². The normalized spacial score (nSPS) is 14.5. The van der Waals surface area contributed by atoms with Crippen molar-refractivity contribution in [1.82, 2.24) is 9.97 Å². The van der Waals surface area contributed by atoms with E-state index in [0.29, 0.717) is 0 Å². The summed E-state index contributed by atoms with van der Waals surface area (Å²) >= 11 is 0. The van der Waals surface area contributed by atoms with Gasteiger partial charge in [0.25, 0.3) is 0 Å². The molecule has 0 N–H and O–H groups in total. The minimum atomic E-state index is -0.290. The molecule has 1 aromatic rings. The summed E-state index contributed by atoms with van der Waals surface area (Å²) in [5.41, 5.74) is 1.04. The maximum Gasteiger partial charge on any atom is 0.212 e. The van der Waals surface area contributed by atoms with E-state index < -0.39 is 0 Å². The zero-order valence-corrected chi connectivity index (χ0v) is 9.95. The van der Waals surface area contributed by atoms with Crippen LogP contribution in [0.25, 0.3) is 0 Å². The molecule has 0 saturated carbocycles. The average molecular weight is 222 g/mol. The van der Waals surface area contributed by atoms with Crippen molar-refractivity contribution in [2.45, 2.75) is 25.5 Å². The standard InChI is InChI=1S/C10H14N4S/c1-4-10-12-5-9(6-13-10)8(2)15(3)14-7-11/h5-6,8H,4H2,1-3H3. The smallest absolute Gasteiger partial charge is 0.212 e. The number of hydrogen-bond acceptors (Lipinski definition) is 4. The number of nitriles is 1. The zero-order valence-electron chi connectivity index (χ0n) is 9.14. The second kappa shape index (κ2) is 5.56. The number of hydrogen-bond donors (Lipinski definition) is 0. The van der Waals surface area contributed by atoms with Crippen molar-refractivity contribution >= 4 is 10.7 Å². The summed E-state index contributed by atoms with van der Waals surface area (Å²) < 4.78 is 3.82. The van der Waals surface area contributed by atoms with Gasteiger partial charge in [0.1, 0.15) is 5.82 Å². The van der Waals surface area contributed by atoms with Gasteiger partial charge in [-0.3, -0.25) is 0 Å². The van der Waals surface area contributed by atoms with Gasteiger partial charge >= 0.3 is 0 Å². The lowest BCUT2D eigenvalue weighted by Gasteiger charge is -2.10. The Balaban J connectivity index is 2.88.